The summed E-state index contributed by atoms with van der Waals surface area (Å²) >= 11 is 0. The number of ether oxygens (including phenoxy) is 1. The lowest BCUT2D eigenvalue weighted by Crippen LogP contribution is -2.35. The van der Waals surface area contributed by atoms with E-state index in [1.165, 1.54) is 12.1 Å². The van der Waals surface area contributed by atoms with Gasteiger partial charge < -0.3 is 9.84 Å². The summed E-state index contributed by atoms with van der Waals surface area (Å²) in [5, 5.41) is 24.2. The highest BCUT2D eigenvalue weighted by Gasteiger charge is 2.39. The fraction of sp³-hybridized carbons (Fsp3) is 0.400. The zero-order valence-electron chi connectivity index (χ0n) is 19.2. The first-order valence-corrected chi connectivity index (χ1v) is 13.5. The van der Waals surface area contributed by atoms with Gasteiger partial charge in [-0.2, -0.15) is 5.10 Å². The number of aliphatic hydroxyl groups is 1. The van der Waals surface area contributed by atoms with Crippen molar-refractivity contribution in [2.24, 2.45) is 10.2 Å². The van der Waals surface area contributed by atoms with Crippen molar-refractivity contribution >= 4 is 37.1 Å². The normalized spacial score (nSPS) is 16.1. The minimum Gasteiger partial charge on any atom is -0.492 e. The number of aliphatic hydroxyl groups excluding tert-OH is 1. The number of H-pyrrole nitrogens is 1. The smallest absolute Gasteiger partial charge is 0.326 e. The summed E-state index contributed by atoms with van der Waals surface area (Å²) in [5.41, 5.74) is 0.334. The molecule has 0 saturated heterocycles. The van der Waals surface area contributed by atoms with Gasteiger partial charge in [0.2, 0.25) is 20.7 Å². The summed E-state index contributed by atoms with van der Waals surface area (Å²) in [4.78, 5) is 12.4. The molecular formula is C20H25N5O7S2. The topological polar surface area (TPSA) is 171 Å². The molecule has 14 heteroatoms. The lowest BCUT2D eigenvalue weighted by Gasteiger charge is -2.29. The molecule has 0 atom stereocenters. The number of azo groups is 1. The van der Waals surface area contributed by atoms with Crippen LogP contribution in [0.15, 0.2) is 55.2 Å². The fourth-order valence-electron chi connectivity index (χ4n) is 3.05. The van der Waals surface area contributed by atoms with E-state index in [0.29, 0.717) is 0 Å². The number of sulfone groups is 2. The van der Waals surface area contributed by atoms with E-state index in [-0.39, 0.29) is 28.4 Å². The number of esters is 1. The van der Waals surface area contributed by atoms with E-state index in [1.807, 2.05) is 20.8 Å². The zero-order chi connectivity index (χ0) is 25.5. The SMILES string of the molecule is CCOC(=O)CN1C(O)=C(N=Nc2cc(C(C)(C)C)[nH]n2)S(=O)(=O)c2cc(S(C)(=O)=O)ccc21. The van der Waals surface area contributed by atoms with Crippen LogP contribution in [0.5, 0.6) is 0 Å². The number of fused-ring (bicyclic) bond motifs is 1. The Labute approximate surface area is 197 Å². The monoisotopic (exact) mass is 511 g/mol. The Hall–Kier alpha value is -3.26. The van der Waals surface area contributed by atoms with Crippen LogP contribution in [0.4, 0.5) is 11.5 Å². The molecule has 1 aromatic carbocycles. The van der Waals surface area contributed by atoms with Crippen molar-refractivity contribution in [1.82, 2.24) is 10.2 Å². The van der Waals surface area contributed by atoms with Crippen LogP contribution in [0.2, 0.25) is 0 Å². The maximum atomic E-state index is 13.3. The standard InChI is InChI=1S/C20H25N5O7S2/c1-6-32-17(26)11-25-13-8-7-12(33(5,28)29)9-14(13)34(30,31)18(19(25)27)24-23-16-10-15(21-22-16)20(2,3)4/h7-10,27H,6,11H2,1-5H3,(H,21,22). The highest BCUT2D eigenvalue weighted by atomic mass is 32.2. The summed E-state index contributed by atoms with van der Waals surface area (Å²) in [5.74, 6) is -1.54. The van der Waals surface area contributed by atoms with Crippen molar-refractivity contribution in [3.63, 3.8) is 0 Å². The van der Waals surface area contributed by atoms with E-state index in [4.69, 9.17) is 4.74 Å². The third-order valence-corrected chi connectivity index (χ3v) is 7.64. The number of aromatic amines is 1. The Morgan fingerprint density at radius 1 is 1.24 bits per heavy atom. The van der Waals surface area contributed by atoms with E-state index in [2.05, 4.69) is 20.4 Å². The molecule has 2 aromatic rings. The third kappa shape index (κ3) is 4.97. The second-order valence-corrected chi connectivity index (χ2v) is 12.4. The summed E-state index contributed by atoms with van der Waals surface area (Å²) < 4.78 is 55.5. The number of nitrogens with one attached hydrogen (secondary N) is 1. The van der Waals surface area contributed by atoms with Crippen molar-refractivity contribution in [1.29, 1.82) is 0 Å². The Morgan fingerprint density at radius 2 is 1.91 bits per heavy atom. The fourth-order valence-corrected chi connectivity index (χ4v) is 5.22. The lowest BCUT2D eigenvalue weighted by molar-refractivity contribution is -0.141. The van der Waals surface area contributed by atoms with Crippen LogP contribution < -0.4 is 4.90 Å². The molecule has 0 spiro atoms. The van der Waals surface area contributed by atoms with Gasteiger partial charge in [-0.25, -0.2) is 16.8 Å². The second kappa shape index (κ2) is 8.83. The van der Waals surface area contributed by atoms with Gasteiger partial charge in [0.25, 0.3) is 0 Å². The number of hydrogen-bond acceptors (Lipinski definition) is 11. The van der Waals surface area contributed by atoms with Crippen LogP contribution in [-0.4, -0.2) is 57.5 Å². The summed E-state index contributed by atoms with van der Waals surface area (Å²) in [6.07, 6.45) is 0.929. The number of hydrogen-bond donors (Lipinski definition) is 2. The Balaban J connectivity index is 2.16. The summed E-state index contributed by atoms with van der Waals surface area (Å²) in [6, 6.07) is 4.89. The molecule has 34 heavy (non-hydrogen) atoms. The molecule has 2 N–H and O–H groups in total. The molecule has 1 aliphatic heterocycles. The molecule has 2 heterocycles. The van der Waals surface area contributed by atoms with Crippen LogP contribution in [-0.2, 0) is 34.6 Å². The molecule has 0 saturated carbocycles. The van der Waals surface area contributed by atoms with Gasteiger partial charge in [-0.05, 0) is 25.1 Å². The third-order valence-electron chi connectivity index (χ3n) is 4.85. The maximum absolute atomic E-state index is 13.3. The van der Waals surface area contributed by atoms with Gasteiger partial charge >= 0.3 is 5.97 Å². The molecule has 0 unspecified atom stereocenters. The first-order valence-electron chi connectivity index (χ1n) is 10.1. The van der Waals surface area contributed by atoms with E-state index in [1.54, 1.807) is 13.0 Å². The molecule has 0 amide bonds. The molecule has 0 bridgehead atoms. The number of anilines is 1. The van der Waals surface area contributed by atoms with Crippen molar-refractivity contribution in [2.75, 3.05) is 24.3 Å². The molecule has 0 radical (unpaired) electrons. The lowest BCUT2D eigenvalue weighted by atomic mass is 9.92. The first kappa shape index (κ1) is 25.4. The van der Waals surface area contributed by atoms with Crippen molar-refractivity contribution in [3.8, 4) is 0 Å². The molecule has 3 rings (SSSR count). The number of aromatic nitrogens is 2. The van der Waals surface area contributed by atoms with E-state index < -0.39 is 48.0 Å². The summed E-state index contributed by atoms with van der Waals surface area (Å²) in [6.45, 7) is 6.92. The van der Waals surface area contributed by atoms with Gasteiger partial charge in [-0.3, -0.25) is 14.8 Å². The average molecular weight is 512 g/mol. The van der Waals surface area contributed by atoms with Crippen LogP contribution in [0.25, 0.3) is 0 Å². The summed E-state index contributed by atoms with van der Waals surface area (Å²) in [7, 11) is -8.27. The van der Waals surface area contributed by atoms with Crippen LogP contribution in [0.1, 0.15) is 33.4 Å². The molecule has 0 fully saturated rings. The molecule has 184 valence electrons. The maximum Gasteiger partial charge on any atom is 0.326 e. The predicted octanol–water partition coefficient (Wildman–Crippen LogP) is 2.74. The van der Waals surface area contributed by atoms with Gasteiger partial charge in [0.05, 0.1) is 22.1 Å². The van der Waals surface area contributed by atoms with Crippen molar-refractivity contribution in [2.45, 2.75) is 42.9 Å². The highest BCUT2D eigenvalue weighted by Crippen LogP contribution is 2.40. The minimum absolute atomic E-state index is 0.0630. The number of benzene rings is 1. The van der Waals surface area contributed by atoms with Crippen molar-refractivity contribution in [3.05, 3.63) is 40.9 Å². The number of rotatable bonds is 6. The Kier molecular flexibility index (Phi) is 6.59. The average Bonchev–Trinajstić information content (AvgIpc) is 3.20. The van der Waals surface area contributed by atoms with Gasteiger partial charge in [-0.1, -0.05) is 20.8 Å². The van der Waals surface area contributed by atoms with Crippen molar-refractivity contribution < 1.29 is 31.5 Å². The predicted molar refractivity (Wildman–Crippen MR) is 122 cm³/mol. The van der Waals surface area contributed by atoms with Crippen LogP contribution in [0, 0.1) is 0 Å². The van der Waals surface area contributed by atoms with Crippen LogP contribution in [0.3, 0.4) is 0 Å². The van der Waals surface area contributed by atoms with E-state index in [0.717, 1.165) is 22.9 Å². The quantitative estimate of drug-likeness (QED) is 0.437. The molecule has 1 aromatic heterocycles. The Morgan fingerprint density at radius 3 is 2.47 bits per heavy atom. The van der Waals surface area contributed by atoms with Gasteiger partial charge in [0, 0.05) is 23.4 Å². The Bertz CT molecular complexity index is 1400. The van der Waals surface area contributed by atoms with Crippen LogP contribution >= 0.6 is 0 Å². The molecular weight excluding hydrogens is 486 g/mol. The van der Waals surface area contributed by atoms with E-state index in [9.17, 15) is 26.7 Å². The largest absolute Gasteiger partial charge is 0.492 e. The van der Waals surface area contributed by atoms with Gasteiger partial charge in [-0.15, -0.1) is 10.2 Å². The number of carbonyl (C=O) groups is 1. The van der Waals surface area contributed by atoms with Gasteiger partial charge in [0.15, 0.2) is 15.7 Å². The molecule has 1 aliphatic rings. The molecule has 0 aliphatic carbocycles. The molecule has 12 nitrogen and oxygen atoms in total. The minimum atomic E-state index is -4.51. The number of nitrogens with zero attached hydrogens (tertiary/aromatic N) is 4. The zero-order valence-corrected chi connectivity index (χ0v) is 20.9. The number of carbonyl (C=O) groups excluding carboxylic acids is 1. The highest BCUT2D eigenvalue weighted by molar-refractivity contribution is 7.95. The van der Waals surface area contributed by atoms with E-state index >= 15 is 0 Å². The second-order valence-electron chi connectivity index (χ2n) is 8.51. The first-order chi connectivity index (χ1) is 15.7. The van der Waals surface area contributed by atoms with Gasteiger partial charge in [0.1, 0.15) is 6.54 Å².